The first-order valence-corrected chi connectivity index (χ1v) is 14.1. The number of amidine groups is 1. The number of benzene rings is 4. The van der Waals surface area contributed by atoms with Crippen LogP contribution in [0, 0.1) is 0 Å². The van der Waals surface area contributed by atoms with Gasteiger partial charge in [0, 0.05) is 30.5 Å². The van der Waals surface area contributed by atoms with Crippen LogP contribution in [0.15, 0.2) is 102 Å². The van der Waals surface area contributed by atoms with Gasteiger partial charge in [-0.25, -0.2) is 0 Å². The number of nitrogens with two attached hydrogens (primary N) is 1. The number of morpholine rings is 1. The average Bonchev–Trinajstić information content (AvgIpc) is 3.03. The lowest BCUT2D eigenvalue weighted by molar-refractivity contribution is 0.122. The molecule has 41 heavy (non-hydrogen) atoms. The molecule has 4 aromatic rings. The van der Waals surface area contributed by atoms with E-state index < -0.39 is 0 Å². The molecule has 1 aliphatic rings. The maximum Gasteiger partial charge on any atom is 0.161 e. The zero-order chi connectivity index (χ0) is 28.4. The normalized spacial score (nSPS) is 13.7. The fraction of sp³-hybridized carbons (Fsp3) is 0.265. The molecule has 5 rings (SSSR count). The highest BCUT2D eigenvalue weighted by molar-refractivity contribution is 6.10. The monoisotopic (exact) mass is 550 g/mol. The molecule has 3 N–H and O–H groups in total. The second-order valence-corrected chi connectivity index (χ2v) is 10.3. The van der Waals surface area contributed by atoms with Crippen LogP contribution in [-0.4, -0.2) is 32.1 Å². The molecule has 0 saturated carbocycles. The van der Waals surface area contributed by atoms with E-state index >= 15 is 0 Å². The lowest BCUT2D eigenvalue weighted by Gasteiger charge is -2.29. The van der Waals surface area contributed by atoms with Crippen LogP contribution in [-0.2, 0) is 18.0 Å². The van der Waals surface area contributed by atoms with Gasteiger partial charge in [0.05, 0.1) is 18.8 Å². The standard InChI is InChI=1S/C34H38N4O3/c1-25(2)30-21-31(34(37-35)36-28-13-15-29(16-14-28)38-17-19-39-20-18-38)33(41-24-27-11-7-4-8-12-27)22-32(30)40-23-26-9-5-3-6-10-26/h3-16,21-22,25H,17-20,23-24,35H2,1-2H3,(H,36,37). The van der Waals surface area contributed by atoms with Crippen LogP contribution in [0.3, 0.4) is 0 Å². The molecule has 1 heterocycles. The van der Waals surface area contributed by atoms with Crippen LogP contribution in [0.5, 0.6) is 11.5 Å². The zero-order valence-corrected chi connectivity index (χ0v) is 23.8. The number of hydrazone groups is 1. The predicted octanol–water partition coefficient (Wildman–Crippen LogP) is 6.54. The molecule has 0 spiro atoms. The van der Waals surface area contributed by atoms with Gasteiger partial charge in [-0.1, -0.05) is 74.5 Å². The molecule has 7 heteroatoms. The minimum Gasteiger partial charge on any atom is -0.488 e. The molecule has 0 bridgehead atoms. The molecule has 0 amide bonds. The highest BCUT2D eigenvalue weighted by Crippen LogP contribution is 2.35. The summed E-state index contributed by atoms with van der Waals surface area (Å²) >= 11 is 0. The molecule has 1 fully saturated rings. The number of hydrogen-bond acceptors (Lipinski definition) is 6. The Morgan fingerprint density at radius 1 is 0.829 bits per heavy atom. The summed E-state index contributed by atoms with van der Waals surface area (Å²) in [5.41, 5.74) is 6.04. The van der Waals surface area contributed by atoms with Gasteiger partial charge in [0.1, 0.15) is 24.7 Å². The molecular formula is C34H38N4O3. The Kier molecular flexibility index (Phi) is 9.39. The quantitative estimate of drug-likeness (QED) is 0.101. The van der Waals surface area contributed by atoms with Gasteiger partial charge in [0.2, 0.25) is 0 Å². The van der Waals surface area contributed by atoms with Crippen LogP contribution >= 0.6 is 0 Å². The van der Waals surface area contributed by atoms with E-state index in [0.717, 1.165) is 60.0 Å². The number of anilines is 2. The Labute approximate surface area is 242 Å². The molecule has 212 valence electrons. The summed E-state index contributed by atoms with van der Waals surface area (Å²) in [7, 11) is 0. The molecule has 4 aromatic carbocycles. The first kappa shape index (κ1) is 28.1. The van der Waals surface area contributed by atoms with E-state index in [1.807, 2.05) is 66.7 Å². The predicted molar refractivity (Wildman–Crippen MR) is 166 cm³/mol. The van der Waals surface area contributed by atoms with Gasteiger partial charge in [0.15, 0.2) is 5.84 Å². The van der Waals surface area contributed by atoms with Gasteiger partial charge >= 0.3 is 0 Å². The average molecular weight is 551 g/mol. The smallest absolute Gasteiger partial charge is 0.161 e. The topological polar surface area (TPSA) is 81.3 Å². The number of rotatable bonds is 10. The van der Waals surface area contributed by atoms with Gasteiger partial charge in [-0.05, 0) is 52.9 Å². The number of ether oxygens (including phenoxy) is 3. The summed E-state index contributed by atoms with van der Waals surface area (Å²) in [6.07, 6.45) is 0. The van der Waals surface area contributed by atoms with E-state index in [1.54, 1.807) is 0 Å². The molecule has 0 atom stereocenters. The maximum atomic E-state index is 6.39. The second kappa shape index (κ2) is 13.7. The Bertz CT molecular complexity index is 1420. The van der Waals surface area contributed by atoms with Gasteiger partial charge in [0.25, 0.3) is 0 Å². The first-order valence-electron chi connectivity index (χ1n) is 14.1. The van der Waals surface area contributed by atoms with Crippen molar-refractivity contribution in [2.24, 2.45) is 10.9 Å². The van der Waals surface area contributed by atoms with E-state index in [-0.39, 0.29) is 5.92 Å². The van der Waals surface area contributed by atoms with E-state index in [0.29, 0.717) is 24.8 Å². The van der Waals surface area contributed by atoms with E-state index in [2.05, 4.69) is 59.5 Å². The van der Waals surface area contributed by atoms with E-state index in [4.69, 9.17) is 20.1 Å². The molecular weight excluding hydrogens is 512 g/mol. The molecule has 7 nitrogen and oxygen atoms in total. The van der Waals surface area contributed by atoms with Crippen molar-refractivity contribution < 1.29 is 14.2 Å². The Hall–Kier alpha value is -4.49. The maximum absolute atomic E-state index is 6.39. The van der Waals surface area contributed by atoms with Crippen LogP contribution < -0.4 is 25.5 Å². The second-order valence-electron chi connectivity index (χ2n) is 10.3. The van der Waals surface area contributed by atoms with Crippen LogP contribution in [0.1, 0.15) is 42.0 Å². The molecule has 0 aromatic heterocycles. The zero-order valence-electron chi connectivity index (χ0n) is 23.8. The van der Waals surface area contributed by atoms with Gasteiger partial charge in [-0.2, -0.15) is 5.10 Å². The number of hydrogen-bond donors (Lipinski definition) is 2. The third-order valence-corrected chi connectivity index (χ3v) is 7.10. The largest absolute Gasteiger partial charge is 0.488 e. The summed E-state index contributed by atoms with van der Waals surface area (Å²) in [5.74, 6) is 8.13. The summed E-state index contributed by atoms with van der Waals surface area (Å²) in [6, 6.07) is 32.6. The lowest BCUT2D eigenvalue weighted by atomic mass is 9.98. The minimum absolute atomic E-state index is 0.203. The van der Waals surface area contributed by atoms with Gasteiger partial charge < -0.3 is 30.3 Å². The Balaban J connectivity index is 1.44. The van der Waals surface area contributed by atoms with Crippen molar-refractivity contribution in [1.29, 1.82) is 0 Å². The number of nitrogens with one attached hydrogen (secondary N) is 1. The highest BCUT2D eigenvalue weighted by atomic mass is 16.5. The van der Waals surface area contributed by atoms with Gasteiger partial charge in [-0.3, -0.25) is 0 Å². The SMILES string of the molecule is CC(C)c1cc(/C(=N/N)Nc2ccc(N3CCOCC3)cc2)c(OCc2ccccc2)cc1OCc1ccccc1. The fourth-order valence-corrected chi connectivity index (χ4v) is 4.81. The first-order chi connectivity index (χ1) is 20.1. The summed E-state index contributed by atoms with van der Waals surface area (Å²) in [6.45, 7) is 8.44. The third kappa shape index (κ3) is 7.38. The van der Waals surface area contributed by atoms with Crippen molar-refractivity contribution in [2.45, 2.75) is 33.0 Å². The minimum atomic E-state index is 0.203. The van der Waals surface area contributed by atoms with Crippen molar-refractivity contribution in [2.75, 3.05) is 36.5 Å². The van der Waals surface area contributed by atoms with Crippen LogP contribution in [0.2, 0.25) is 0 Å². The van der Waals surface area contributed by atoms with Crippen LogP contribution in [0.25, 0.3) is 0 Å². The highest BCUT2D eigenvalue weighted by Gasteiger charge is 2.20. The molecule has 0 aliphatic carbocycles. The van der Waals surface area contributed by atoms with Crippen molar-refractivity contribution in [3.63, 3.8) is 0 Å². The van der Waals surface area contributed by atoms with Crippen LogP contribution in [0.4, 0.5) is 11.4 Å². The lowest BCUT2D eigenvalue weighted by Crippen LogP contribution is -2.36. The summed E-state index contributed by atoms with van der Waals surface area (Å²) in [5, 5.41) is 7.58. The molecule has 0 radical (unpaired) electrons. The summed E-state index contributed by atoms with van der Waals surface area (Å²) < 4.78 is 18.2. The van der Waals surface area contributed by atoms with Crippen molar-refractivity contribution >= 4 is 17.2 Å². The summed E-state index contributed by atoms with van der Waals surface area (Å²) in [4.78, 5) is 2.32. The molecule has 0 unspecified atom stereocenters. The van der Waals surface area contributed by atoms with Crippen molar-refractivity contribution in [3.05, 3.63) is 119 Å². The molecule has 1 saturated heterocycles. The van der Waals surface area contributed by atoms with E-state index in [1.165, 1.54) is 5.69 Å². The van der Waals surface area contributed by atoms with E-state index in [9.17, 15) is 0 Å². The third-order valence-electron chi connectivity index (χ3n) is 7.10. The van der Waals surface area contributed by atoms with Gasteiger partial charge in [-0.15, -0.1) is 0 Å². The fourth-order valence-electron chi connectivity index (χ4n) is 4.81. The Morgan fingerprint density at radius 3 is 1.98 bits per heavy atom. The van der Waals surface area contributed by atoms with Crippen molar-refractivity contribution in [3.8, 4) is 11.5 Å². The molecule has 1 aliphatic heterocycles. The number of nitrogens with zero attached hydrogens (tertiary/aromatic N) is 2. The Morgan fingerprint density at radius 2 is 1.41 bits per heavy atom. The van der Waals surface area contributed by atoms with Crippen molar-refractivity contribution in [1.82, 2.24) is 0 Å².